The van der Waals surface area contributed by atoms with E-state index in [0.29, 0.717) is 12.6 Å². The van der Waals surface area contributed by atoms with Crippen LogP contribution < -0.4 is 10.6 Å². The summed E-state index contributed by atoms with van der Waals surface area (Å²) in [6.07, 6.45) is 2.11. The van der Waals surface area contributed by atoms with Gasteiger partial charge in [0.2, 0.25) is 5.91 Å². The molecule has 1 amide bonds. The molecule has 2 unspecified atom stereocenters. The normalized spacial score (nSPS) is 19.1. The van der Waals surface area contributed by atoms with Crippen molar-refractivity contribution in [1.82, 2.24) is 15.5 Å². The minimum atomic E-state index is 0. The number of carbonyl (C=O) groups excluding carboxylic acids is 1. The van der Waals surface area contributed by atoms with Crippen LogP contribution in [-0.2, 0) is 11.3 Å². The molecule has 1 aromatic rings. The predicted octanol–water partition coefficient (Wildman–Crippen LogP) is 2.47. The third-order valence-electron chi connectivity index (χ3n) is 4.20. The molecule has 0 saturated carbocycles. The van der Waals surface area contributed by atoms with Crippen molar-refractivity contribution in [2.45, 2.75) is 32.4 Å². The Hall–Kier alpha value is -0.810. The Kier molecular flexibility index (Phi) is 11.3. The number of rotatable bonds is 6. The van der Waals surface area contributed by atoms with Crippen molar-refractivity contribution in [3.05, 3.63) is 35.9 Å². The first kappa shape index (κ1) is 22.2. The largest absolute Gasteiger partial charge is 0.354 e. The fourth-order valence-corrected chi connectivity index (χ4v) is 2.75. The molecule has 1 saturated heterocycles. The number of nitrogens with zero attached hydrogens (tertiary/aromatic N) is 1. The van der Waals surface area contributed by atoms with Gasteiger partial charge < -0.3 is 10.6 Å². The first-order valence-electron chi connectivity index (χ1n) is 7.90. The molecule has 2 atom stereocenters. The SMILES string of the molecule is CNC(C)CNC(=O)C1CCCN(Cc2ccccc2)C1.Cl.Cl. The zero-order valence-corrected chi connectivity index (χ0v) is 15.6. The maximum atomic E-state index is 12.3. The Morgan fingerprint density at radius 2 is 2.00 bits per heavy atom. The van der Waals surface area contributed by atoms with Gasteiger partial charge in [-0.15, -0.1) is 24.8 Å². The van der Waals surface area contributed by atoms with Crippen LogP contribution in [0.1, 0.15) is 25.3 Å². The predicted molar refractivity (Wildman–Crippen MR) is 100 cm³/mol. The summed E-state index contributed by atoms with van der Waals surface area (Å²) in [5.74, 6) is 0.335. The highest BCUT2D eigenvalue weighted by Gasteiger charge is 2.25. The van der Waals surface area contributed by atoms with Crippen LogP contribution in [-0.4, -0.2) is 43.5 Å². The molecule has 0 aromatic heterocycles. The zero-order valence-electron chi connectivity index (χ0n) is 14.0. The van der Waals surface area contributed by atoms with Gasteiger partial charge in [0, 0.05) is 25.7 Å². The van der Waals surface area contributed by atoms with Crippen molar-refractivity contribution in [2.75, 3.05) is 26.7 Å². The van der Waals surface area contributed by atoms with Crippen LogP contribution in [0.5, 0.6) is 0 Å². The Balaban J connectivity index is 0.00000242. The van der Waals surface area contributed by atoms with E-state index in [1.54, 1.807) is 0 Å². The Morgan fingerprint density at radius 3 is 2.65 bits per heavy atom. The third-order valence-corrected chi connectivity index (χ3v) is 4.20. The smallest absolute Gasteiger partial charge is 0.224 e. The lowest BCUT2D eigenvalue weighted by atomic mass is 9.96. The molecule has 2 N–H and O–H groups in total. The fourth-order valence-electron chi connectivity index (χ4n) is 2.75. The molecular weight excluding hydrogens is 333 g/mol. The number of hydrogen-bond acceptors (Lipinski definition) is 3. The number of benzene rings is 1. The van der Waals surface area contributed by atoms with E-state index in [-0.39, 0.29) is 36.6 Å². The molecule has 1 aromatic carbocycles. The van der Waals surface area contributed by atoms with E-state index >= 15 is 0 Å². The van der Waals surface area contributed by atoms with Gasteiger partial charge in [-0.2, -0.15) is 0 Å². The van der Waals surface area contributed by atoms with Gasteiger partial charge in [0.05, 0.1) is 5.92 Å². The molecule has 1 fully saturated rings. The molecule has 0 bridgehead atoms. The highest BCUT2D eigenvalue weighted by Crippen LogP contribution is 2.18. The highest BCUT2D eigenvalue weighted by molar-refractivity contribution is 5.85. The van der Waals surface area contributed by atoms with Gasteiger partial charge >= 0.3 is 0 Å². The van der Waals surface area contributed by atoms with Gasteiger partial charge in [-0.1, -0.05) is 30.3 Å². The number of carbonyl (C=O) groups is 1. The van der Waals surface area contributed by atoms with Gasteiger partial charge in [-0.05, 0) is 38.9 Å². The van der Waals surface area contributed by atoms with Crippen molar-refractivity contribution < 1.29 is 4.79 Å². The van der Waals surface area contributed by atoms with E-state index < -0.39 is 0 Å². The molecule has 6 heteroatoms. The Labute approximate surface area is 152 Å². The quantitative estimate of drug-likeness (QED) is 0.817. The van der Waals surface area contributed by atoms with Gasteiger partial charge in [-0.3, -0.25) is 9.69 Å². The maximum absolute atomic E-state index is 12.3. The number of halogens is 2. The lowest BCUT2D eigenvalue weighted by Gasteiger charge is -2.32. The Morgan fingerprint density at radius 1 is 1.30 bits per heavy atom. The highest BCUT2D eigenvalue weighted by atomic mass is 35.5. The summed E-state index contributed by atoms with van der Waals surface area (Å²) >= 11 is 0. The molecular formula is C17H29Cl2N3O. The second kappa shape index (κ2) is 11.7. The molecule has 23 heavy (non-hydrogen) atoms. The monoisotopic (exact) mass is 361 g/mol. The van der Waals surface area contributed by atoms with Crippen molar-refractivity contribution >= 4 is 30.7 Å². The van der Waals surface area contributed by atoms with E-state index in [1.807, 2.05) is 13.1 Å². The minimum Gasteiger partial charge on any atom is -0.354 e. The van der Waals surface area contributed by atoms with Crippen molar-refractivity contribution in [3.63, 3.8) is 0 Å². The van der Waals surface area contributed by atoms with Crippen molar-refractivity contribution in [1.29, 1.82) is 0 Å². The number of likely N-dealkylation sites (N-methyl/N-ethyl adjacent to an activating group) is 1. The number of piperidine rings is 1. The molecule has 0 aliphatic carbocycles. The van der Waals surface area contributed by atoms with Crippen LogP contribution in [0.2, 0.25) is 0 Å². The van der Waals surface area contributed by atoms with Crippen LogP contribution in [0.4, 0.5) is 0 Å². The lowest BCUT2D eigenvalue weighted by molar-refractivity contribution is -0.126. The average Bonchev–Trinajstić information content (AvgIpc) is 2.53. The number of nitrogens with one attached hydrogen (secondary N) is 2. The summed E-state index contributed by atoms with van der Waals surface area (Å²) in [5, 5.41) is 6.20. The number of likely N-dealkylation sites (tertiary alicyclic amines) is 1. The van der Waals surface area contributed by atoms with Gasteiger partial charge in [-0.25, -0.2) is 0 Å². The van der Waals surface area contributed by atoms with Crippen LogP contribution in [0.25, 0.3) is 0 Å². The lowest BCUT2D eigenvalue weighted by Crippen LogP contribution is -2.45. The molecule has 1 aliphatic rings. The zero-order chi connectivity index (χ0) is 15.1. The van der Waals surface area contributed by atoms with Gasteiger partial charge in [0.25, 0.3) is 0 Å². The van der Waals surface area contributed by atoms with Gasteiger partial charge in [0.15, 0.2) is 0 Å². The van der Waals surface area contributed by atoms with Crippen LogP contribution in [0, 0.1) is 5.92 Å². The molecule has 4 nitrogen and oxygen atoms in total. The molecule has 132 valence electrons. The van der Waals surface area contributed by atoms with E-state index in [0.717, 1.165) is 32.5 Å². The molecule has 0 radical (unpaired) electrons. The first-order chi connectivity index (χ1) is 10.2. The van der Waals surface area contributed by atoms with E-state index in [4.69, 9.17) is 0 Å². The van der Waals surface area contributed by atoms with Gasteiger partial charge in [0.1, 0.15) is 0 Å². The summed E-state index contributed by atoms with van der Waals surface area (Å²) < 4.78 is 0. The van der Waals surface area contributed by atoms with Crippen LogP contribution >= 0.6 is 24.8 Å². The van der Waals surface area contributed by atoms with E-state index in [2.05, 4.69) is 46.7 Å². The average molecular weight is 362 g/mol. The third kappa shape index (κ3) is 7.53. The second-order valence-electron chi connectivity index (χ2n) is 5.99. The van der Waals surface area contributed by atoms with Crippen LogP contribution in [0.3, 0.4) is 0 Å². The Bertz CT molecular complexity index is 445. The fraction of sp³-hybridized carbons (Fsp3) is 0.588. The molecule has 2 rings (SSSR count). The number of hydrogen-bond donors (Lipinski definition) is 2. The summed E-state index contributed by atoms with van der Waals surface area (Å²) in [6, 6.07) is 10.8. The first-order valence-corrected chi connectivity index (χ1v) is 7.90. The summed E-state index contributed by atoms with van der Waals surface area (Å²) in [6.45, 7) is 5.67. The van der Waals surface area contributed by atoms with Crippen LogP contribution in [0.15, 0.2) is 30.3 Å². The second-order valence-corrected chi connectivity index (χ2v) is 5.99. The molecule has 1 heterocycles. The van der Waals surface area contributed by atoms with Crippen molar-refractivity contribution in [2.24, 2.45) is 5.92 Å². The molecule has 1 aliphatic heterocycles. The van der Waals surface area contributed by atoms with Crippen molar-refractivity contribution in [3.8, 4) is 0 Å². The maximum Gasteiger partial charge on any atom is 0.224 e. The van der Waals surface area contributed by atoms with E-state index in [9.17, 15) is 4.79 Å². The topological polar surface area (TPSA) is 44.4 Å². The van der Waals surface area contributed by atoms with E-state index in [1.165, 1.54) is 5.56 Å². The summed E-state index contributed by atoms with van der Waals surface area (Å²) in [5.41, 5.74) is 1.32. The minimum absolute atomic E-state index is 0. The molecule has 0 spiro atoms. The summed E-state index contributed by atoms with van der Waals surface area (Å²) in [7, 11) is 1.92. The standard InChI is InChI=1S/C17H27N3O.2ClH/c1-14(18-2)11-19-17(21)16-9-6-10-20(13-16)12-15-7-4-3-5-8-15;;/h3-5,7-8,14,16,18H,6,9-13H2,1-2H3,(H,19,21);2*1H. The number of amides is 1. The summed E-state index contributed by atoms with van der Waals surface area (Å²) in [4.78, 5) is 14.6.